The number of carboxylic acid groups (broad SMARTS) is 1. The third-order valence-electron chi connectivity index (χ3n) is 4.68. The minimum absolute atomic E-state index is 0.0376. The number of carboxylic acids is 1. The van der Waals surface area contributed by atoms with Crippen molar-refractivity contribution in [2.75, 3.05) is 0 Å². The highest BCUT2D eigenvalue weighted by atomic mass is 35.5. The van der Waals surface area contributed by atoms with Crippen molar-refractivity contribution in [2.45, 2.75) is 38.7 Å². The van der Waals surface area contributed by atoms with Crippen LogP contribution in [0.15, 0.2) is 36.4 Å². The van der Waals surface area contributed by atoms with E-state index >= 15 is 0 Å². The molecule has 1 aliphatic rings. The summed E-state index contributed by atoms with van der Waals surface area (Å²) >= 11 is 6.47. The monoisotopic (exact) mass is 369 g/mol. The Bertz CT molecular complexity index is 985. The number of hydrogen-bond acceptors (Lipinski definition) is 2. The maximum absolute atomic E-state index is 11.5. The summed E-state index contributed by atoms with van der Waals surface area (Å²) in [4.78, 5) is 14.4. The van der Waals surface area contributed by atoms with Crippen LogP contribution in [0.3, 0.4) is 0 Å². The first-order valence-corrected chi connectivity index (χ1v) is 9.18. The fraction of sp³-hybridized carbons (Fsp3) is 0.286. The van der Waals surface area contributed by atoms with E-state index in [1.165, 1.54) is 5.56 Å². The lowest BCUT2D eigenvalue weighted by molar-refractivity contribution is 0.0691. The lowest BCUT2D eigenvalue weighted by atomic mass is 9.93. The summed E-state index contributed by atoms with van der Waals surface area (Å²) in [6, 6.07) is 11.9. The highest BCUT2D eigenvalue weighted by molar-refractivity contribution is 6.39. The van der Waals surface area contributed by atoms with Gasteiger partial charge in [0.2, 0.25) is 0 Å². The van der Waals surface area contributed by atoms with Crippen LogP contribution in [-0.4, -0.2) is 22.2 Å². The van der Waals surface area contributed by atoms with Gasteiger partial charge in [0.25, 0.3) is 0 Å². The average molecular weight is 370 g/mol. The van der Waals surface area contributed by atoms with E-state index in [2.05, 4.69) is 11.1 Å². The third-order valence-corrected chi connectivity index (χ3v) is 5.06. The van der Waals surface area contributed by atoms with E-state index in [4.69, 9.17) is 16.3 Å². The van der Waals surface area contributed by atoms with Gasteiger partial charge in [-0.1, -0.05) is 29.8 Å². The molecule has 0 radical (unpaired) electrons. The molecule has 4 rings (SSSR count). The van der Waals surface area contributed by atoms with Gasteiger partial charge < -0.3 is 14.8 Å². The normalized spacial score (nSPS) is 14.2. The first-order chi connectivity index (χ1) is 12.5. The van der Waals surface area contributed by atoms with Gasteiger partial charge in [-0.3, -0.25) is 0 Å². The van der Waals surface area contributed by atoms with E-state index in [0.29, 0.717) is 5.92 Å². The molecule has 26 heavy (non-hydrogen) atoms. The third kappa shape index (κ3) is 2.95. The molecule has 1 saturated carbocycles. The number of nitrogens with one attached hydrogen (secondary N) is 1. The predicted octanol–water partition coefficient (Wildman–Crippen LogP) is 5.85. The highest BCUT2D eigenvalue weighted by Crippen LogP contribution is 2.48. The smallest absolute Gasteiger partial charge is 0.353 e. The van der Waals surface area contributed by atoms with E-state index in [1.54, 1.807) is 0 Å². The zero-order valence-corrected chi connectivity index (χ0v) is 15.4. The summed E-state index contributed by atoms with van der Waals surface area (Å²) in [6.45, 7) is 3.99. The quantitative estimate of drug-likeness (QED) is 0.592. The molecule has 134 valence electrons. The van der Waals surface area contributed by atoms with Gasteiger partial charge in [-0.2, -0.15) is 0 Å². The number of halogens is 1. The molecule has 0 amide bonds. The maximum atomic E-state index is 11.5. The Balaban J connectivity index is 1.91. The van der Waals surface area contributed by atoms with Gasteiger partial charge in [-0.05, 0) is 67.5 Å². The van der Waals surface area contributed by atoms with Crippen LogP contribution < -0.4 is 4.74 Å². The fourth-order valence-corrected chi connectivity index (χ4v) is 3.76. The standard InChI is InChI=1S/C21H20ClNO3/c1-11(2)26-14-7-5-13(6-8-14)17-15(12-3-4-12)9-10-16-18(17)19(22)20(23-16)21(24)25/h5-12,23H,3-4H2,1-2H3,(H,24,25). The zero-order chi connectivity index (χ0) is 18.4. The van der Waals surface area contributed by atoms with Gasteiger partial charge in [0, 0.05) is 10.9 Å². The Labute approximate surface area is 156 Å². The maximum Gasteiger partial charge on any atom is 0.353 e. The number of H-pyrrole nitrogens is 1. The van der Waals surface area contributed by atoms with Crippen molar-refractivity contribution in [1.82, 2.24) is 4.98 Å². The zero-order valence-electron chi connectivity index (χ0n) is 14.7. The molecule has 2 N–H and O–H groups in total. The van der Waals surface area contributed by atoms with E-state index in [1.807, 2.05) is 44.2 Å². The van der Waals surface area contributed by atoms with Crippen molar-refractivity contribution in [3.05, 3.63) is 52.7 Å². The average Bonchev–Trinajstić information content (AvgIpc) is 3.38. The lowest BCUT2D eigenvalue weighted by Crippen LogP contribution is -2.05. The number of aromatic nitrogens is 1. The van der Waals surface area contributed by atoms with Crippen molar-refractivity contribution in [3.63, 3.8) is 0 Å². The topological polar surface area (TPSA) is 62.3 Å². The van der Waals surface area contributed by atoms with E-state index in [9.17, 15) is 9.90 Å². The first-order valence-electron chi connectivity index (χ1n) is 8.80. The van der Waals surface area contributed by atoms with Gasteiger partial charge in [-0.15, -0.1) is 0 Å². The summed E-state index contributed by atoms with van der Waals surface area (Å²) in [5.74, 6) is 0.279. The molecule has 0 bridgehead atoms. The number of benzene rings is 2. The second kappa shape index (κ2) is 6.36. The lowest BCUT2D eigenvalue weighted by Gasteiger charge is -2.14. The van der Waals surface area contributed by atoms with Crippen LogP contribution in [0.25, 0.3) is 22.0 Å². The van der Waals surface area contributed by atoms with Crippen molar-refractivity contribution in [1.29, 1.82) is 0 Å². The van der Waals surface area contributed by atoms with Gasteiger partial charge >= 0.3 is 5.97 Å². The molecule has 5 heteroatoms. The number of ether oxygens (including phenoxy) is 1. The largest absolute Gasteiger partial charge is 0.491 e. The molecule has 0 saturated heterocycles. The minimum atomic E-state index is -1.05. The SMILES string of the molecule is CC(C)Oc1ccc(-c2c(C3CC3)ccc3[nH]c(C(=O)O)c(Cl)c23)cc1. The molecule has 0 spiro atoms. The molecule has 1 aliphatic carbocycles. The minimum Gasteiger partial charge on any atom is -0.491 e. The summed E-state index contributed by atoms with van der Waals surface area (Å²) in [5, 5.41) is 10.5. The molecule has 0 unspecified atom stereocenters. The highest BCUT2D eigenvalue weighted by Gasteiger charge is 2.29. The molecule has 4 nitrogen and oxygen atoms in total. The molecule has 2 aromatic carbocycles. The number of aromatic amines is 1. The molecule has 0 aliphatic heterocycles. The van der Waals surface area contributed by atoms with Crippen molar-refractivity contribution in [2.24, 2.45) is 0 Å². The molecule has 3 aromatic rings. The van der Waals surface area contributed by atoms with Gasteiger partial charge in [-0.25, -0.2) is 4.79 Å². The number of carbonyl (C=O) groups is 1. The van der Waals surface area contributed by atoms with Crippen molar-refractivity contribution in [3.8, 4) is 16.9 Å². The second-order valence-electron chi connectivity index (χ2n) is 7.04. The first kappa shape index (κ1) is 17.0. The Kier molecular flexibility index (Phi) is 4.16. The van der Waals surface area contributed by atoms with Crippen LogP contribution in [0, 0.1) is 0 Å². The number of rotatable bonds is 5. The molecular weight excluding hydrogens is 350 g/mol. The van der Waals surface area contributed by atoms with Gasteiger partial charge in [0.15, 0.2) is 0 Å². The van der Waals surface area contributed by atoms with E-state index in [-0.39, 0.29) is 16.8 Å². The summed E-state index contributed by atoms with van der Waals surface area (Å²) in [6.07, 6.45) is 2.42. The number of hydrogen-bond donors (Lipinski definition) is 2. The van der Waals surface area contributed by atoms with Crippen LogP contribution in [-0.2, 0) is 0 Å². The molecular formula is C21H20ClNO3. The van der Waals surface area contributed by atoms with Crippen LogP contribution in [0.2, 0.25) is 5.02 Å². The van der Waals surface area contributed by atoms with Crippen LogP contribution in [0.4, 0.5) is 0 Å². The Morgan fingerprint density at radius 1 is 1.19 bits per heavy atom. The fourth-order valence-electron chi connectivity index (χ4n) is 3.43. The molecule has 0 atom stereocenters. The Morgan fingerprint density at radius 2 is 1.88 bits per heavy atom. The van der Waals surface area contributed by atoms with Crippen LogP contribution in [0.1, 0.15) is 48.7 Å². The Hall–Kier alpha value is -2.46. The number of fused-ring (bicyclic) bond motifs is 1. The summed E-state index contributed by atoms with van der Waals surface area (Å²) in [7, 11) is 0. The summed E-state index contributed by atoms with van der Waals surface area (Å²) in [5.41, 5.74) is 4.05. The van der Waals surface area contributed by atoms with Gasteiger partial charge in [0.1, 0.15) is 11.4 Å². The molecule has 1 fully saturated rings. The van der Waals surface area contributed by atoms with E-state index in [0.717, 1.165) is 40.6 Å². The summed E-state index contributed by atoms with van der Waals surface area (Å²) < 4.78 is 5.73. The number of aromatic carboxylic acids is 1. The molecule has 1 aromatic heterocycles. The molecule has 1 heterocycles. The predicted molar refractivity (Wildman–Crippen MR) is 103 cm³/mol. The Morgan fingerprint density at radius 3 is 2.46 bits per heavy atom. The van der Waals surface area contributed by atoms with Crippen molar-refractivity contribution < 1.29 is 14.6 Å². The second-order valence-corrected chi connectivity index (χ2v) is 7.41. The van der Waals surface area contributed by atoms with Crippen molar-refractivity contribution >= 4 is 28.5 Å². The van der Waals surface area contributed by atoms with E-state index < -0.39 is 5.97 Å². The van der Waals surface area contributed by atoms with Gasteiger partial charge in [0.05, 0.1) is 11.1 Å². The van der Waals surface area contributed by atoms with Crippen LogP contribution in [0.5, 0.6) is 5.75 Å². The van der Waals surface area contributed by atoms with Crippen LogP contribution >= 0.6 is 11.6 Å².